The maximum atomic E-state index is 13.0. The highest BCUT2D eigenvalue weighted by Gasteiger charge is 2.48. The van der Waals surface area contributed by atoms with E-state index in [4.69, 9.17) is 14.6 Å². The number of ether oxygens (including phenoxy) is 3. The van der Waals surface area contributed by atoms with Gasteiger partial charge in [-0.3, -0.25) is 0 Å². The van der Waals surface area contributed by atoms with Gasteiger partial charge in [-0.15, -0.1) is 0 Å². The normalized spacial score (nSPS) is 17.3. The first-order chi connectivity index (χ1) is 9.82. The van der Waals surface area contributed by atoms with Gasteiger partial charge in [0.05, 0.1) is 6.61 Å². The first kappa shape index (κ1) is 15.0. The highest BCUT2D eigenvalue weighted by molar-refractivity contribution is 5.69. The molecule has 1 aromatic rings. The van der Waals surface area contributed by atoms with Gasteiger partial charge in [-0.25, -0.2) is 4.79 Å². The van der Waals surface area contributed by atoms with Crippen LogP contribution in [0.2, 0.25) is 0 Å². The average molecular weight is 304 g/mol. The molecular weight excluding hydrogens is 293 g/mol. The summed E-state index contributed by atoms with van der Waals surface area (Å²) >= 11 is 0. The van der Waals surface area contributed by atoms with Crippen molar-refractivity contribution in [1.82, 2.24) is 0 Å². The maximum absolute atomic E-state index is 13.0. The van der Waals surface area contributed by atoms with Crippen LogP contribution >= 0.6 is 0 Å². The van der Waals surface area contributed by atoms with E-state index >= 15 is 0 Å². The smallest absolute Gasteiger partial charge is 0.490 e. The first-order valence-corrected chi connectivity index (χ1v) is 5.94. The number of hydrogen-bond donors (Lipinski definition) is 1. The molecule has 114 valence electrons. The molecule has 0 aromatic heterocycles. The van der Waals surface area contributed by atoms with Crippen molar-refractivity contribution in [1.29, 1.82) is 0 Å². The number of benzene rings is 1. The zero-order valence-electron chi connectivity index (χ0n) is 10.8. The quantitative estimate of drug-likeness (QED) is 0.867. The number of hydrogen-bond acceptors (Lipinski definition) is 4. The summed E-state index contributed by atoms with van der Waals surface area (Å²) in [5.74, 6) is -0.787. The molecule has 0 radical (unpaired) electrons. The second-order valence-corrected chi connectivity index (χ2v) is 4.06. The molecule has 0 saturated heterocycles. The summed E-state index contributed by atoms with van der Waals surface area (Å²) in [4.78, 5) is 10.5. The Balaban J connectivity index is 2.48. The van der Waals surface area contributed by atoms with Crippen LogP contribution in [0, 0.1) is 0 Å². The van der Waals surface area contributed by atoms with E-state index in [1.54, 1.807) is 13.0 Å². The highest BCUT2D eigenvalue weighted by atomic mass is 19.4. The zero-order valence-corrected chi connectivity index (χ0v) is 10.8. The van der Waals surface area contributed by atoms with Crippen molar-refractivity contribution in [2.75, 3.05) is 6.61 Å². The summed E-state index contributed by atoms with van der Waals surface area (Å²) in [7, 11) is 0. The third-order valence-electron chi connectivity index (χ3n) is 2.60. The lowest BCUT2D eigenvalue weighted by Gasteiger charge is -2.28. The summed E-state index contributed by atoms with van der Waals surface area (Å²) in [5, 5.41) is 8.53. The molecule has 0 bridgehead atoms. The lowest BCUT2D eigenvalue weighted by atomic mass is 10.1. The minimum Gasteiger partial charge on any atom is -0.490 e. The lowest BCUT2D eigenvalue weighted by molar-refractivity contribution is -0.192. The molecule has 1 unspecified atom stereocenters. The Morgan fingerprint density at radius 1 is 1.43 bits per heavy atom. The van der Waals surface area contributed by atoms with Gasteiger partial charge in [0.25, 0.3) is 6.10 Å². The number of carboxylic acid groups (broad SMARTS) is 1. The number of alkyl halides is 3. The molecule has 1 N–H and O–H groups in total. The molecule has 8 heteroatoms. The fourth-order valence-electron chi connectivity index (χ4n) is 1.86. The third-order valence-corrected chi connectivity index (χ3v) is 2.60. The Hall–Kier alpha value is -2.38. The van der Waals surface area contributed by atoms with Gasteiger partial charge in [-0.2, -0.15) is 13.2 Å². The second-order valence-electron chi connectivity index (χ2n) is 4.06. The summed E-state index contributed by atoms with van der Waals surface area (Å²) in [6.07, 6.45) is -8.18. The van der Waals surface area contributed by atoms with Crippen molar-refractivity contribution in [3.05, 3.63) is 29.5 Å². The van der Waals surface area contributed by atoms with Crippen LogP contribution < -0.4 is 9.47 Å². The van der Waals surface area contributed by atoms with E-state index in [1.807, 2.05) is 0 Å². The van der Waals surface area contributed by atoms with Crippen LogP contribution in [-0.4, -0.2) is 30.1 Å². The van der Waals surface area contributed by atoms with Crippen molar-refractivity contribution >= 4 is 12.2 Å². The number of fused-ring (bicyclic) bond motifs is 1. The highest BCUT2D eigenvalue weighted by Crippen LogP contribution is 2.42. The van der Waals surface area contributed by atoms with Crippen molar-refractivity contribution < 1.29 is 37.3 Å². The molecule has 0 aliphatic carbocycles. The predicted octanol–water partition coefficient (Wildman–Crippen LogP) is 3.44. The van der Waals surface area contributed by atoms with Crippen LogP contribution in [0.3, 0.4) is 0 Å². The van der Waals surface area contributed by atoms with E-state index in [-0.39, 0.29) is 23.7 Å². The first-order valence-electron chi connectivity index (χ1n) is 5.94. The van der Waals surface area contributed by atoms with Crippen molar-refractivity contribution in [2.24, 2.45) is 0 Å². The molecule has 5 nitrogen and oxygen atoms in total. The Morgan fingerprint density at radius 3 is 2.71 bits per heavy atom. The van der Waals surface area contributed by atoms with Crippen molar-refractivity contribution in [2.45, 2.75) is 19.2 Å². The van der Waals surface area contributed by atoms with E-state index in [2.05, 4.69) is 4.74 Å². The SMILES string of the molecule is CCOc1cccc2c1OC(C(F)(F)F)C(OC(=O)O)=C2. The fourth-order valence-corrected chi connectivity index (χ4v) is 1.86. The minimum atomic E-state index is -4.82. The molecular formula is C13H11F3O5. The summed E-state index contributed by atoms with van der Waals surface area (Å²) in [6.45, 7) is 1.93. The third kappa shape index (κ3) is 3.21. The zero-order chi connectivity index (χ0) is 15.6. The summed E-state index contributed by atoms with van der Waals surface area (Å²) in [6, 6.07) is 4.48. The van der Waals surface area contributed by atoms with Gasteiger partial charge >= 0.3 is 12.3 Å². The van der Waals surface area contributed by atoms with Gasteiger partial charge < -0.3 is 19.3 Å². The number of rotatable bonds is 3. The molecule has 1 aliphatic heterocycles. The molecule has 1 heterocycles. The molecule has 0 saturated carbocycles. The number of para-hydroxylation sites is 1. The second kappa shape index (κ2) is 5.55. The minimum absolute atomic E-state index is 0.0978. The monoisotopic (exact) mass is 304 g/mol. The predicted molar refractivity (Wildman–Crippen MR) is 65.2 cm³/mol. The number of halogens is 3. The Bertz CT molecular complexity index is 580. The van der Waals surface area contributed by atoms with E-state index in [9.17, 15) is 18.0 Å². The molecule has 21 heavy (non-hydrogen) atoms. The maximum Gasteiger partial charge on any atom is 0.511 e. The van der Waals surface area contributed by atoms with Crippen LogP contribution in [0.15, 0.2) is 24.0 Å². The van der Waals surface area contributed by atoms with Crippen LogP contribution in [-0.2, 0) is 4.74 Å². The average Bonchev–Trinajstić information content (AvgIpc) is 2.36. The molecule has 1 aromatic carbocycles. The molecule has 0 amide bonds. The van der Waals surface area contributed by atoms with Gasteiger partial charge in [0.2, 0.25) is 0 Å². The summed E-state index contributed by atoms with van der Waals surface area (Å²) in [5.41, 5.74) is 0.248. The Labute approximate surface area is 117 Å². The standard InChI is InChI=1S/C13H11F3O5/c1-2-19-8-5-3-4-7-6-9(20-12(17)18)11(13(14,15)16)21-10(7)8/h3-6,11H,2H2,1H3,(H,17,18). The fraction of sp³-hybridized carbons (Fsp3) is 0.308. The summed E-state index contributed by atoms with van der Waals surface area (Å²) < 4.78 is 53.2. The molecule has 0 spiro atoms. The van der Waals surface area contributed by atoms with Crippen LogP contribution in [0.5, 0.6) is 11.5 Å². The van der Waals surface area contributed by atoms with Crippen molar-refractivity contribution in [3.63, 3.8) is 0 Å². The van der Waals surface area contributed by atoms with Gasteiger partial charge in [0, 0.05) is 5.56 Å². The van der Waals surface area contributed by atoms with E-state index < -0.39 is 24.2 Å². The van der Waals surface area contributed by atoms with Gasteiger partial charge in [0.15, 0.2) is 17.3 Å². The van der Waals surface area contributed by atoms with Crippen molar-refractivity contribution in [3.8, 4) is 11.5 Å². The Morgan fingerprint density at radius 2 is 2.14 bits per heavy atom. The van der Waals surface area contributed by atoms with Crippen LogP contribution in [0.4, 0.5) is 18.0 Å². The lowest BCUT2D eigenvalue weighted by Crippen LogP contribution is -2.39. The number of carbonyl (C=O) groups is 1. The molecule has 1 aliphatic rings. The van der Waals surface area contributed by atoms with Crippen LogP contribution in [0.25, 0.3) is 6.08 Å². The van der Waals surface area contributed by atoms with Gasteiger partial charge in [-0.05, 0) is 19.1 Å². The molecule has 0 fully saturated rings. The molecule has 1 atom stereocenters. The van der Waals surface area contributed by atoms with E-state index in [0.717, 1.165) is 6.08 Å². The van der Waals surface area contributed by atoms with Crippen LogP contribution in [0.1, 0.15) is 12.5 Å². The largest absolute Gasteiger partial charge is 0.511 e. The topological polar surface area (TPSA) is 65.0 Å². The molecule has 2 rings (SSSR count). The Kier molecular flexibility index (Phi) is 3.97. The van der Waals surface area contributed by atoms with E-state index in [1.165, 1.54) is 12.1 Å². The van der Waals surface area contributed by atoms with E-state index in [0.29, 0.717) is 0 Å². The van der Waals surface area contributed by atoms with Gasteiger partial charge in [0.1, 0.15) is 0 Å². The van der Waals surface area contributed by atoms with Gasteiger partial charge in [-0.1, -0.05) is 12.1 Å².